The Balaban J connectivity index is 2.38. The molecule has 0 aliphatic carbocycles. The Labute approximate surface area is 105 Å². The lowest BCUT2D eigenvalue weighted by Gasteiger charge is -2.17. The molecule has 1 aromatic carbocycles. The molecule has 0 fully saturated rings. The molecule has 0 amide bonds. The highest BCUT2D eigenvalue weighted by atomic mass is 32.1. The summed E-state index contributed by atoms with van der Waals surface area (Å²) >= 11 is 1.37. The Morgan fingerprint density at radius 2 is 2.24 bits per heavy atom. The van der Waals surface area contributed by atoms with E-state index in [1.54, 1.807) is 7.11 Å². The monoisotopic (exact) mass is 249 g/mol. The van der Waals surface area contributed by atoms with Crippen LogP contribution in [0.15, 0.2) is 23.6 Å². The van der Waals surface area contributed by atoms with E-state index in [4.69, 9.17) is 4.74 Å². The molecule has 0 radical (unpaired) electrons. The minimum absolute atomic E-state index is 0.0830. The van der Waals surface area contributed by atoms with Crippen molar-refractivity contribution < 1.29 is 4.74 Å². The van der Waals surface area contributed by atoms with Crippen LogP contribution >= 0.6 is 11.5 Å². The summed E-state index contributed by atoms with van der Waals surface area (Å²) in [5.74, 6) is 0.873. The largest absolute Gasteiger partial charge is 0.497 e. The second kappa shape index (κ2) is 5.25. The fourth-order valence-electron chi connectivity index (χ4n) is 1.86. The first-order valence-electron chi connectivity index (χ1n) is 5.35. The predicted molar refractivity (Wildman–Crippen MR) is 68.5 cm³/mol. The van der Waals surface area contributed by atoms with Crippen molar-refractivity contribution in [2.24, 2.45) is 0 Å². The molecule has 0 spiro atoms. The molecule has 90 valence electrons. The highest BCUT2D eigenvalue weighted by Crippen LogP contribution is 2.26. The standard InChI is InChI=1S/C12H15N3OS/c1-8-6-9(16-3)4-5-10(8)12(13-2)11-7-17-15-14-11/h4-7,12-13H,1-3H3. The van der Waals surface area contributed by atoms with Crippen molar-refractivity contribution in [2.45, 2.75) is 13.0 Å². The fraction of sp³-hybridized carbons (Fsp3) is 0.333. The molecular weight excluding hydrogens is 234 g/mol. The van der Waals surface area contributed by atoms with Crippen LogP contribution in [0.1, 0.15) is 22.9 Å². The summed E-state index contributed by atoms with van der Waals surface area (Å²) in [6, 6.07) is 6.14. The van der Waals surface area contributed by atoms with E-state index in [-0.39, 0.29) is 6.04 Å². The molecule has 0 saturated carbocycles. The van der Waals surface area contributed by atoms with E-state index in [0.717, 1.165) is 11.4 Å². The van der Waals surface area contributed by atoms with Crippen LogP contribution in [0.4, 0.5) is 0 Å². The third-order valence-corrected chi connectivity index (χ3v) is 3.27. The molecule has 0 bridgehead atoms. The number of hydrogen-bond donors (Lipinski definition) is 1. The van der Waals surface area contributed by atoms with Gasteiger partial charge >= 0.3 is 0 Å². The lowest BCUT2D eigenvalue weighted by Crippen LogP contribution is -2.19. The number of hydrogen-bond acceptors (Lipinski definition) is 5. The van der Waals surface area contributed by atoms with Gasteiger partial charge in [-0.1, -0.05) is 10.6 Å². The number of benzene rings is 1. The maximum Gasteiger partial charge on any atom is 0.119 e. The van der Waals surface area contributed by atoms with Crippen molar-refractivity contribution >= 4 is 11.5 Å². The van der Waals surface area contributed by atoms with Crippen LogP contribution in [0.5, 0.6) is 5.75 Å². The second-order valence-corrected chi connectivity index (χ2v) is 4.38. The van der Waals surface area contributed by atoms with Gasteiger partial charge in [0.15, 0.2) is 0 Å². The van der Waals surface area contributed by atoms with Crippen LogP contribution in [0, 0.1) is 6.92 Å². The van der Waals surface area contributed by atoms with Crippen LogP contribution in [0.25, 0.3) is 0 Å². The average molecular weight is 249 g/mol. The topological polar surface area (TPSA) is 47.0 Å². The molecule has 2 rings (SSSR count). The van der Waals surface area contributed by atoms with E-state index in [9.17, 15) is 0 Å². The quantitative estimate of drug-likeness (QED) is 0.902. The van der Waals surface area contributed by atoms with Gasteiger partial charge in [-0.05, 0) is 48.8 Å². The normalized spacial score (nSPS) is 12.4. The zero-order valence-corrected chi connectivity index (χ0v) is 10.9. The number of ether oxygens (including phenoxy) is 1. The first-order chi connectivity index (χ1) is 8.26. The smallest absolute Gasteiger partial charge is 0.119 e. The third-order valence-electron chi connectivity index (χ3n) is 2.75. The molecule has 0 aliphatic rings. The van der Waals surface area contributed by atoms with Crippen LogP contribution in [0.2, 0.25) is 0 Å². The Morgan fingerprint density at radius 3 is 2.76 bits per heavy atom. The third kappa shape index (κ3) is 2.45. The van der Waals surface area contributed by atoms with Gasteiger partial charge in [0, 0.05) is 5.38 Å². The molecule has 4 nitrogen and oxygen atoms in total. The number of nitrogens with one attached hydrogen (secondary N) is 1. The van der Waals surface area contributed by atoms with Gasteiger partial charge in [-0.3, -0.25) is 0 Å². The number of aromatic nitrogens is 2. The van der Waals surface area contributed by atoms with Gasteiger partial charge < -0.3 is 10.1 Å². The molecule has 1 aromatic heterocycles. The minimum atomic E-state index is 0.0830. The van der Waals surface area contributed by atoms with Gasteiger partial charge in [0.1, 0.15) is 5.75 Å². The van der Waals surface area contributed by atoms with E-state index >= 15 is 0 Å². The van der Waals surface area contributed by atoms with E-state index in [2.05, 4.69) is 27.9 Å². The molecule has 1 unspecified atom stereocenters. The maximum atomic E-state index is 5.21. The molecule has 5 heteroatoms. The predicted octanol–water partition coefficient (Wildman–Crippen LogP) is 2.16. The summed E-state index contributed by atoms with van der Waals surface area (Å²) < 4.78 is 9.11. The highest BCUT2D eigenvalue weighted by Gasteiger charge is 2.16. The van der Waals surface area contributed by atoms with E-state index in [0.29, 0.717) is 0 Å². The molecule has 2 aromatic rings. The number of methoxy groups -OCH3 is 1. The second-order valence-electron chi connectivity index (χ2n) is 3.77. The summed E-state index contributed by atoms with van der Waals surface area (Å²) in [5, 5.41) is 9.35. The summed E-state index contributed by atoms with van der Waals surface area (Å²) in [5.41, 5.74) is 3.32. The van der Waals surface area contributed by atoms with Crippen LogP contribution in [-0.4, -0.2) is 23.7 Å². The molecule has 0 aliphatic heterocycles. The summed E-state index contributed by atoms with van der Waals surface area (Å²) in [4.78, 5) is 0. The average Bonchev–Trinajstić information content (AvgIpc) is 2.85. The van der Waals surface area contributed by atoms with Gasteiger partial charge in [-0.2, -0.15) is 0 Å². The zero-order valence-electron chi connectivity index (χ0n) is 10.1. The lowest BCUT2D eigenvalue weighted by atomic mass is 9.99. The number of rotatable bonds is 4. The fourth-order valence-corrected chi connectivity index (χ4v) is 2.34. The Hall–Kier alpha value is -1.46. The van der Waals surface area contributed by atoms with Gasteiger partial charge in [0.2, 0.25) is 0 Å². The summed E-state index contributed by atoms with van der Waals surface area (Å²) in [6.07, 6.45) is 0. The molecule has 1 atom stereocenters. The van der Waals surface area contributed by atoms with Gasteiger partial charge in [0.05, 0.1) is 18.8 Å². The van der Waals surface area contributed by atoms with Crippen LogP contribution in [0.3, 0.4) is 0 Å². The van der Waals surface area contributed by atoms with Crippen molar-refractivity contribution in [1.82, 2.24) is 14.9 Å². The Bertz CT molecular complexity index is 485. The van der Waals surface area contributed by atoms with Gasteiger partial charge in [-0.25, -0.2) is 0 Å². The minimum Gasteiger partial charge on any atom is -0.497 e. The SMILES string of the molecule is CNC(c1csnn1)c1ccc(OC)cc1C. The van der Waals surface area contributed by atoms with Crippen molar-refractivity contribution in [3.05, 3.63) is 40.4 Å². The van der Waals surface area contributed by atoms with Gasteiger partial charge in [0.25, 0.3) is 0 Å². The highest BCUT2D eigenvalue weighted by molar-refractivity contribution is 7.03. The van der Waals surface area contributed by atoms with Crippen molar-refractivity contribution in [1.29, 1.82) is 0 Å². The Morgan fingerprint density at radius 1 is 1.41 bits per heavy atom. The van der Waals surface area contributed by atoms with Crippen molar-refractivity contribution in [3.63, 3.8) is 0 Å². The Kier molecular flexibility index (Phi) is 3.71. The molecular formula is C12H15N3OS. The molecule has 17 heavy (non-hydrogen) atoms. The lowest BCUT2D eigenvalue weighted by molar-refractivity contribution is 0.414. The summed E-state index contributed by atoms with van der Waals surface area (Å²) in [7, 11) is 3.60. The first-order valence-corrected chi connectivity index (χ1v) is 6.18. The molecule has 1 heterocycles. The van der Waals surface area contributed by atoms with E-state index in [1.807, 2.05) is 24.6 Å². The van der Waals surface area contributed by atoms with Crippen molar-refractivity contribution in [3.8, 4) is 5.75 Å². The van der Waals surface area contributed by atoms with Crippen LogP contribution in [-0.2, 0) is 0 Å². The van der Waals surface area contributed by atoms with E-state index in [1.165, 1.54) is 22.7 Å². The number of nitrogens with zero attached hydrogens (tertiary/aromatic N) is 2. The maximum absolute atomic E-state index is 5.21. The van der Waals surface area contributed by atoms with Gasteiger partial charge in [-0.15, -0.1) is 5.10 Å². The van der Waals surface area contributed by atoms with E-state index < -0.39 is 0 Å². The molecule has 0 saturated heterocycles. The van der Waals surface area contributed by atoms with Crippen molar-refractivity contribution in [2.75, 3.05) is 14.2 Å². The number of aryl methyl sites for hydroxylation is 1. The molecule has 1 N–H and O–H groups in total. The van der Waals surface area contributed by atoms with Crippen LogP contribution < -0.4 is 10.1 Å². The zero-order chi connectivity index (χ0) is 12.3. The summed E-state index contributed by atoms with van der Waals surface area (Å²) in [6.45, 7) is 2.07. The first kappa shape index (κ1) is 12.0.